The number of urea groups is 1. The highest BCUT2D eigenvalue weighted by Gasteiger charge is 2.33. The van der Waals surface area contributed by atoms with Gasteiger partial charge in [0.2, 0.25) is 5.82 Å². The average Bonchev–Trinajstić information content (AvgIpc) is 3.08. The predicted molar refractivity (Wildman–Crippen MR) is 94.4 cm³/mol. The Bertz CT molecular complexity index is 811. The molecule has 3 rings (SSSR count). The van der Waals surface area contributed by atoms with Crippen LogP contribution in [0.4, 0.5) is 10.6 Å². The molecule has 0 unspecified atom stereocenters. The molecular formula is C18H24N4O3. The minimum atomic E-state index is -0.330. The van der Waals surface area contributed by atoms with Crippen LogP contribution in [0.3, 0.4) is 0 Å². The molecule has 25 heavy (non-hydrogen) atoms. The van der Waals surface area contributed by atoms with Crippen LogP contribution in [0.25, 0.3) is 0 Å². The Hall–Kier alpha value is -2.57. The highest BCUT2D eigenvalue weighted by Crippen LogP contribution is 2.35. The van der Waals surface area contributed by atoms with Crippen molar-refractivity contribution in [3.8, 4) is 0 Å². The van der Waals surface area contributed by atoms with Crippen molar-refractivity contribution in [2.75, 3.05) is 11.9 Å². The Balaban J connectivity index is 1.83. The van der Waals surface area contributed by atoms with E-state index >= 15 is 0 Å². The first-order valence-corrected chi connectivity index (χ1v) is 8.67. The fraction of sp³-hybridized carbons (Fsp3) is 0.500. The number of piperidine rings is 1. The standard InChI is InChI=1S/C18H24N4O3/c1-4-13-5-6-15(25-13)14-11-12(2)7-9-22(14)18(24)20-16-17(23)21(3)10-8-19-16/h5-6,8,10,12,14H,4,7,9,11H2,1-3H3,(H,19,20,24)/t12-,14+/m1/s1. The lowest BCUT2D eigenvalue weighted by Gasteiger charge is -2.37. The fourth-order valence-corrected chi connectivity index (χ4v) is 3.17. The van der Waals surface area contributed by atoms with E-state index in [4.69, 9.17) is 4.42 Å². The van der Waals surface area contributed by atoms with Gasteiger partial charge in [-0.1, -0.05) is 13.8 Å². The van der Waals surface area contributed by atoms with Gasteiger partial charge in [0.1, 0.15) is 11.5 Å². The number of nitrogens with zero attached hydrogens (tertiary/aromatic N) is 3. The van der Waals surface area contributed by atoms with E-state index in [1.54, 1.807) is 18.1 Å². The number of nitrogens with one attached hydrogen (secondary N) is 1. The molecule has 0 aliphatic carbocycles. The average molecular weight is 344 g/mol. The van der Waals surface area contributed by atoms with Crippen LogP contribution in [0.15, 0.2) is 33.7 Å². The number of hydrogen-bond acceptors (Lipinski definition) is 4. The largest absolute Gasteiger partial charge is 0.464 e. The summed E-state index contributed by atoms with van der Waals surface area (Å²) in [5, 5.41) is 2.66. The molecule has 0 aromatic carbocycles. The van der Waals surface area contributed by atoms with Gasteiger partial charge in [-0.3, -0.25) is 10.1 Å². The minimum Gasteiger partial charge on any atom is -0.464 e. The molecule has 2 aromatic rings. The summed E-state index contributed by atoms with van der Waals surface area (Å²) in [5.74, 6) is 2.26. The Kier molecular flexibility index (Phi) is 4.92. The summed E-state index contributed by atoms with van der Waals surface area (Å²) < 4.78 is 7.28. The van der Waals surface area contributed by atoms with E-state index < -0.39 is 0 Å². The first-order chi connectivity index (χ1) is 12.0. The summed E-state index contributed by atoms with van der Waals surface area (Å²) in [4.78, 5) is 30.6. The normalized spacial score (nSPS) is 20.5. The topological polar surface area (TPSA) is 80.4 Å². The van der Waals surface area contributed by atoms with Crippen LogP contribution < -0.4 is 10.9 Å². The number of rotatable bonds is 3. The van der Waals surface area contributed by atoms with E-state index in [0.717, 1.165) is 30.8 Å². The van der Waals surface area contributed by atoms with Gasteiger partial charge in [0.15, 0.2) is 0 Å². The third kappa shape index (κ3) is 3.60. The van der Waals surface area contributed by atoms with E-state index in [1.165, 1.54) is 10.8 Å². The number of amides is 2. The number of aromatic nitrogens is 2. The van der Waals surface area contributed by atoms with Gasteiger partial charge in [0.05, 0.1) is 6.04 Å². The van der Waals surface area contributed by atoms with Gasteiger partial charge >= 0.3 is 6.03 Å². The van der Waals surface area contributed by atoms with Crippen LogP contribution in [0.5, 0.6) is 0 Å². The quantitative estimate of drug-likeness (QED) is 0.928. The van der Waals surface area contributed by atoms with Crippen molar-refractivity contribution < 1.29 is 9.21 Å². The first kappa shape index (κ1) is 17.3. The first-order valence-electron chi connectivity index (χ1n) is 8.67. The second-order valence-electron chi connectivity index (χ2n) is 6.62. The highest BCUT2D eigenvalue weighted by atomic mass is 16.3. The second-order valence-corrected chi connectivity index (χ2v) is 6.62. The number of likely N-dealkylation sites (tertiary alicyclic amines) is 1. The molecule has 1 aliphatic rings. The second kappa shape index (κ2) is 7.13. The highest BCUT2D eigenvalue weighted by molar-refractivity contribution is 5.88. The third-order valence-corrected chi connectivity index (χ3v) is 4.73. The predicted octanol–water partition coefficient (Wildman–Crippen LogP) is 2.94. The van der Waals surface area contributed by atoms with Gasteiger partial charge in [0, 0.05) is 32.4 Å². The van der Waals surface area contributed by atoms with Gasteiger partial charge < -0.3 is 13.9 Å². The Morgan fingerprint density at radius 3 is 2.96 bits per heavy atom. The lowest BCUT2D eigenvalue weighted by molar-refractivity contribution is 0.128. The summed E-state index contributed by atoms with van der Waals surface area (Å²) in [6.07, 6.45) is 5.62. The molecule has 1 aliphatic heterocycles. The van der Waals surface area contributed by atoms with Gasteiger partial charge in [-0.15, -0.1) is 0 Å². The molecule has 1 saturated heterocycles. The molecule has 0 spiro atoms. The maximum atomic E-state index is 12.8. The summed E-state index contributed by atoms with van der Waals surface area (Å²) in [6, 6.07) is 3.46. The van der Waals surface area contributed by atoms with Gasteiger partial charge in [-0.05, 0) is 30.9 Å². The van der Waals surface area contributed by atoms with Crippen LogP contribution >= 0.6 is 0 Å². The van der Waals surface area contributed by atoms with Gasteiger partial charge in [0.25, 0.3) is 5.56 Å². The number of carbonyl (C=O) groups excluding carboxylic acids is 1. The molecule has 1 N–H and O–H groups in total. The third-order valence-electron chi connectivity index (χ3n) is 4.73. The molecule has 7 nitrogen and oxygen atoms in total. The van der Waals surface area contributed by atoms with Crippen molar-refractivity contribution in [1.82, 2.24) is 14.5 Å². The summed E-state index contributed by atoms with van der Waals surface area (Å²) in [6.45, 7) is 4.83. The molecule has 7 heteroatoms. The molecule has 3 heterocycles. The van der Waals surface area contributed by atoms with E-state index in [1.807, 2.05) is 19.1 Å². The van der Waals surface area contributed by atoms with Crippen molar-refractivity contribution in [1.29, 1.82) is 0 Å². The van der Waals surface area contributed by atoms with Crippen LogP contribution in [-0.4, -0.2) is 27.0 Å². The van der Waals surface area contributed by atoms with E-state index in [0.29, 0.717) is 12.5 Å². The molecule has 0 saturated carbocycles. The van der Waals surface area contributed by atoms with Gasteiger partial charge in [-0.2, -0.15) is 0 Å². The van der Waals surface area contributed by atoms with Crippen LogP contribution in [0.1, 0.15) is 44.3 Å². The number of anilines is 1. The number of aryl methyl sites for hydroxylation is 2. The monoisotopic (exact) mass is 344 g/mol. The lowest BCUT2D eigenvalue weighted by Crippen LogP contribution is -2.43. The fourth-order valence-electron chi connectivity index (χ4n) is 3.17. The van der Waals surface area contributed by atoms with E-state index in [9.17, 15) is 9.59 Å². The number of hydrogen-bond donors (Lipinski definition) is 1. The summed E-state index contributed by atoms with van der Waals surface area (Å²) in [7, 11) is 1.63. The molecule has 134 valence electrons. The Labute approximate surface area is 146 Å². The zero-order valence-electron chi connectivity index (χ0n) is 14.9. The molecule has 0 radical (unpaired) electrons. The minimum absolute atomic E-state index is 0.0427. The summed E-state index contributed by atoms with van der Waals surface area (Å²) in [5.41, 5.74) is -0.330. The molecule has 0 bridgehead atoms. The lowest BCUT2D eigenvalue weighted by atomic mass is 9.91. The number of carbonyl (C=O) groups is 1. The zero-order valence-corrected chi connectivity index (χ0v) is 14.9. The SMILES string of the molecule is CCc1ccc([C@@H]2C[C@H](C)CCN2C(=O)Nc2nccn(C)c2=O)o1. The maximum Gasteiger partial charge on any atom is 0.323 e. The van der Waals surface area contributed by atoms with Crippen molar-refractivity contribution in [3.05, 3.63) is 46.4 Å². The van der Waals surface area contributed by atoms with Crippen molar-refractivity contribution >= 4 is 11.8 Å². The smallest absolute Gasteiger partial charge is 0.323 e. The molecular weight excluding hydrogens is 320 g/mol. The van der Waals surface area contributed by atoms with Crippen molar-refractivity contribution in [2.45, 2.75) is 39.2 Å². The maximum absolute atomic E-state index is 12.8. The molecule has 1 fully saturated rings. The Morgan fingerprint density at radius 1 is 1.44 bits per heavy atom. The molecule has 2 amide bonds. The Morgan fingerprint density at radius 2 is 2.24 bits per heavy atom. The zero-order chi connectivity index (χ0) is 18.0. The number of furan rings is 1. The van der Waals surface area contributed by atoms with Crippen molar-refractivity contribution in [2.24, 2.45) is 13.0 Å². The van der Waals surface area contributed by atoms with E-state index in [-0.39, 0.29) is 23.5 Å². The van der Waals surface area contributed by atoms with Crippen LogP contribution in [0, 0.1) is 5.92 Å². The van der Waals surface area contributed by atoms with Gasteiger partial charge in [-0.25, -0.2) is 9.78 Å². The molecule has 2 atom stereocenters. The molecule has 2 aromatic heterocycles. The van der Waals surface area contributed by atoms with E-state index in [2.05, 4.69) is 17.2 Å². The van der Waals surface area contributed by atoms with Crippen molar-refractivity contribution in [3.63, 3.8) is 0 Å². The summed E-state index contributed by atoms with van der Waals surface area (Å²) >= 11 is 0. The van der Waals surface area contributed by atoms with Crippen LogP contribution in [0.2, 0.25) is 0 Å². The van der Waals surface area contributed by atoms with Crippen LogP contribution in [-0.2, 0) is 13.5 Å².